The molecule has 1 nitrogen and oxygen atoms in total. The predicted molar refractivity (Wildman–Crippen MR) is 66.6 cm³/mol. The molecule has 0 spiro atoms. The van der Waals surface area contributed by atoms with Crippen LogP contribution in [0.15, 0.2) is 36.4 Å². The van der Waals surface area contributed by atoms with Crippen LogP contribution >= 0.6 is 0 Å². The summed E-state index contributed by atoms with van der Waals surface area (Å²) >= 11 is 0. The Morgan fingerprint density at radius 1 is 0.952 bits per heavy atom. The van der Waals surface area contributed by atoms with Crippen LogP contribution in [0.5, 0.6) is 0 Å². The van der Waals surface area contributed by atoms with Crippen LogP contribution in [0, 0.1) is 18.6 Å². The van der Waals surface area contributed by atoms with Gasteiger partial charge in [-0.3, -0.25) is 0 Å². The maximum atomic E-state index is 13.7. The molecule has 6 heteroatoms. The van der Waals surface area contributed by atoms with E-state index in [1.54, 1.807) is 0 Å². The average molecular weight is 302 g/mol. The monoisotopic (exact) mass is 302 g/mol. The molecule has 0 heterocycles. The van der Waals surface area contributed by atoms with E-state index in [4.69, 9.17) is 0 Å². The first-order valence-corrected chi connectivity index (χ1v) is 6.01. The molecule has 1 unspecified atom stereocenters. The molecule has 112 valence electrons. The van der Waals surface area contributed by atoms with Crippen molar-refractivity contribution in [3.05, 3.63) is 70.3 Å². The van der Waals surface area contributed by atoms with Gasteiger partial charge in [-0.2, -0.15) is 13.2 Å². The lowest BCUT2D eigenvalue weighted by Crippen LogP contribution is -2.09. The third-order valence-corrected chi connectivity index (χ3v) is 3.13. The molecule has 2 aromatic rings. The summed E-state index contributed by atoms with van der Waals surface area (Å²) in [5.41, 5.74) is -1.33. The average Bonchev–Trinajstić information content (AvgIpc) is 2.40. The van der Waals surface area contributed by atoms with E-state index < -0.39 is 35.0 Å². The summed E-state index contributed by atoms with van der Waals surface area (Å²) in [5.74, 6) is -1.62. The van der Waals surface area contributed by atoms with Crippen LogP contribution in [-0.4, -0.2) is 5.11 Å². The van der Waals surface area contributed by atoms with Crippen molar-refractivity contribution in [2.45, 2.75) is 19.2 Å². The smallest absolute Gasteiger partial charge is 0.384 e. The molecular weight excluding hydrogens is 291 g/mol. The van der Waals surface area contributed by atoms with Crippen molar-refractivity contribution < 1.29 is 27.1 Å². The molecule has 2 aromatic carbocycles. The molecule has 0 saturated carbocycles. The second kappa shape index (κ2) is 5.44. The summed E-state index contributed by atoms with van der Waals surface area (Å²) in [5, 5.41) is 10.0. The van der Waals surface area contributed by atoms with Crippen LogP contribution in [0.3, 0.4) is 0 Å². The zero-order chi connectivity index (χ0) is 15.8. The quantitative estimate of drug-likeness (QED) is 0.817. The largest absolute Gasteiger partial charge is 0.416 e. The van der Waals surface area contributed by atoms with Gasteiger partial charge in [0.05, 0.1) is 5.56 Å². The second-order valence-electron chi connectivity index (χ2n) is 4.65. The zero-order valence-corrected chi connectivity index (χ0v) is 10.9. The van der Waals surface area contributed by atoms with Gasteiger partial charge in [0, 0.05) is 5.56 Å². The fourth-order valence-electron chi connectivity index (χ4n) is 1.89. The van der Waals surface area contributed by atoms with Crippen LogP contribution in [0.25, 0.3) is 0 Å². The van der Waals surface area contributed by atoms with Crippen molar-refractivity contribution in [2.75, 3.05) is 0 Å². The number of hydrogen-bond acceptors (Lipinski definition) is 1. The summed E-state index contributed by atoms with van der Waals surface area (Å²) in [6, 6.07) is 5.41. The maximum absolute atomic E-state index is 13.7. The van der Waals surface area contributed by atoms with Gasteiger partial charge < -0.3 is 5.11 Å². The van der Waals surface area contributed by atoms with Gasteiger partial charge in [0.25, 0.3) is 0 Å². The van der Waals surface area contributed by atoms with Crippen LogP contribution in [-0.2, 0) is 6.18 Å². The van der Waals surface area contributed by atoms with E-state index >= 15 is 0 Å². The minimum atomic E-state index is -4.65. The van der Waals surface area contributed by atoms with Crippen molar-refractivity contribution in [3.8, 4) is 0 Å². The van der Waals surface area contributed by atoms with E-state index in [1.165, 1.54) is 19.1 Å². The summed E-state index contributed by atoms with van der Waals surface area (Å²) in [4.78, 5) is 0. The standard InChI is InChI=1S/C15H11F5O/c1-8-2-3-9(6-13(8)17)14(21)11-7-10(15(18,19)20)4-5-12(11)16/h2-7,14,21H,1H3. The lowest BCUT2D eigenvalue weighted by molar-refractivity contribution is -0.137. The van der Waals surface area contributed by atoms with E-state index in [0.29, 0.717) is 23.8 Å². The summed E-state index contributed by atoms with van der Waals surface area (Å²) < 4.78 is 64.9. The number of aliphatic hydroxyl groups excluding tert-OH is 1. The molecule has 0 fully saturated rings. The number of alkyl halides is 3. The molecule has 2 rings (SSSR count). The Morgan fingerprint density at radius 2 is 1.62 bits per heavy atom. The highest BCUT2D eigenvalue weighted by Crippen LogP contribution is 2.33. The minimum Gasteiger partial charge on any atom is -0.384 e. The van der Waals surface area contributed by atoms with E-state index in [0.717, 1.165) is 6.07 Å². The van der Waals surface area contributed by atoms with Crippen molar-refractivity contribution in [3.63, 3.8) is 0 Å². The molecule has 0 bridgehead atoms. The zero-order valence-electron chi connectivity index (χ0n) is 10.9. The Bertz CT molecular complexity index is 664. The first-order valence-electron chi connectivity index (χ1n) is 6.01. The van der Waals surface area contributed by atoms with Crippen molar-refractivity contribution in [1.82, 2.24) is 0 Å². The number of halogens is 5. The van der Waals surface area contributed by atoms with Crippen LogP contribution < -0.4 is 0 Å². The molecule has 1 atom stereocenters. The molecule has 0 saturated heterocycles. The number of benzene rings is 2. The highest BCUT2D eigenvalue weighted by atomic mass is 19.4. The van der Waals surface area contributed by atoms with E-state index in [1.807, 2.05) is 0 Å². The van der Waals surface area contributed by atoms with Crippen molar-refractivity contribution in [1.29, 1.82) is 0 Å². The van der Waals surface area contributed by atoms with Crippen LogP contribution in [0.1, 0.15) is 28.4 Å². The number of aliphatic hydroxyl groups is 1. The highest BCUT2D eigenvalue weighted by Gasteiger charge is 2.32. The van der Waals surface area contributed by atoms with E-state index in [2.05, 4.69) is 0 Å². The molecule has 0 radical (unpaired) electrons. The number of rotatable bonds is 2. The molecule has 21 heavy (non-hydrogen) atoms. The molecule has 0 aromatic heterocycles. The van der Waals surface area contributed by atoms with Crippen LogP contribution in [0.2, 0.25) is 0 Å². The topological polar surface area (TPSA) is 20.2 Å². The fraction of sp³-hybridized carbons (Fsp3) is 0.200. The third kappa shape index (κ3) is 3.21. The predicted octanol–water partition coefficient (Wildman–Crippen LogP) is 4.37. The van der Waals surface area contributed by atoms with Crippen molar-refractivity contribution in [2.24, 2.45) is 0 Å². The van der Waals surface area contributed by atoms with Crippen LogP contribution in [0.4, 0.5) is 22.0 Å². The SMILES string of the molecule is Cc1ccc(C(O)c2cc(C(F)(F)F)ccc2F)cc1F. The minimum absolute atomic E-state index is 0.0173. The second-order valence-corrected chi connectivity index (χ2v) is 4.65. The maximum Gasteiger partial charge on any atom is 0.416 e. The highest BCUT2D eigenvalue weighted by molar-refractivity contribution is 5.36. The summed E-state index contributed by atoms with van der Waals surface area (Å²) in [6.45, 7) is 1.50. The lowest BCUT2D eigenvalue weighted by atomic mass is 9.98. The Morgan fingerprint density at radius 3 is 2.19 bits per heavy atom. The lowest BCUT2D eigenvalue weighted by Gasteiger charge is -2.15. The molecule has 0 aliphatic carbocycles. The molecule has 1 N–H and O–H groups in total. The Labute approximate surface area is 117 Å². The van der Waals surface area contributed by atoms with Gasteiger partial charge in [-0.15, -0.1) is 0 Å². The van der Waals surface area contributed by atoms with Gasteiger partial charge in [0.15, 0.2) is 0 Å². The molecular formula is C15H11F5O. The molecule has 0 aliphatic rings. The normalized spacial score (nSPS) is 13.3. The third-order valence-electron chi connectivity index (χ3n) is 3.13. The van der Waals surface area contributed by atoms with Gasteiger partial charge >= 0.3 is 6.18 Å². The molecule has 0 aliphatic heterocycles. The van der Waals surface area contributed by atoms with Gasteiger partial charge in [0.2, 0.25) is 0 Å². The van der Waals surface area contributed by atoms with Crippen molar-refractivity contribution >= 4 is 0 Å². The first-order chi connectivity index (χ1) is 9.70. The Kier molecular flexibility index (Phi) is 4.00. The van der Waals surface area contributed by atoms with Gasteiger partial charge in [-0.05, 0) is 42.3 Å². The molecule has 0 amide bonds. The Balaban J connectivity index is 2.47. The summed E-state index contributed by atoms with van der Waals surface area (Å²) in [7, 11) is 0. The first kappa shape index (κ1) is 15.4. The van der Waals surface area contributed by atoms with Gasteiger partial charge in [-0.25, -0.2) is 8.78 Å². The summed E-state index contributed by atoms with van der Waals surface area (Å²) in [6.07, 6.45) is -6.33. The fourth-order valence-corrected chi connectivity index (χ4v) is 1.89. The van der Waals surface area contributed by atoms with Gasteiger partial charge in [0.1, 0.15) is 17.7 Å². The van der Waals surface area contributed by atoms with E-state index in [-0.39, 0.29) is 5.56 Å². The number of aryl methyl sites for hydroxylation is 1. The van der Waals surface area contributed by atoms with E-state index in [9.17, 15) is 27.1 Å². The van der Waals surface area contributed by atoms with Gasteiger partial charge in [-0.1, -0.05) is 12.1 Å². The number of hydrogen-bond donors (Lipinski definition) is 1. The Hall–Kier alpha value is -1.95.